The molecule has 2 amide bonds. The van der Waals surface area contributed by atoms with Crippen LogP contribution in [-0.4, -0.2) is 48.2 Å². The van der Waals surface area contributed by atoms with Crippen LogP contribution in [-0.2, 0) is 16.1 Å². The molecule has 2 aromatic rings. The first kappa shape index (κ1) is 29.2. The Hall–Kier alpha value is -3.39. The average molecular weight is 526 g/mol. The third-order valence-electron chi connectivity index (χ3n) is 6.99. The molecule has 1 heterocycles. The highest BCUT2D eigenvalue weighted by molar-refractivity contribution is 5.99. The number of ketones is 1. The quantitative estimate of drug-likeness (QED) is 0.415. The summed E-state index contributed by atoms with van der Waals surface area (Å²) in [5, 5.41) is 5.80. The number of piperidine rings is 1. The summed E-state index contributed by atoms with van der Waals surface area (Å²) in [6, 6.07) is 9.96. The Morgan fingerprint density at radius 3 is 2.58 bits per heavy atom. The van der Waals surface area contributed by atoms with Crippen molar-refractivity contribution in [2.45, 2.75) is 58.5 Å². The van der Waals surface area contributed by atoms with E-state index in [-0.39, 0.29) is 42.5 Å². The number of Topliss-reactive ketones (excluding diaryl/α,β-unsaturated/α-hetero) is 1. The van der Waals surface area contributed by atoms with Crippen LogP contribution in [0.25, 0.3) is 0 Å². The lowest BCUT2D eigenvalue weighted by Crippen LogP contribution is -2.44. The molecule has 38 heavy (non-hydrogen) atoms. The maximum absolute atomic E-state index is 13.8. The molecule has 0 aliphatic carbocycles. The van der Waals surface area contributed by atoms with Gasteiger partial charge in [0.05, 0.1) is 6.54 Å². The van der Waals surface area contributed by atoms with E-state index in [0.717, 1.165) is 24.5 Å². The van der Waals surface area contributed by atoms with Crippen molar-refractivity contribution < 1.29 is 23.2 Å². The van der Waals surface area contributed by atoms with E-state index in [1.54, 1.807) is 24.8 Å². The minimum atomic E-state index is -0.727. The van der Waals surface area contributed by atoms with Gasteiger partial charge in [0.1, 0.15) is 17.7 Å². The fourth-order valence-corrected chi connectivity index (χ4v) is 4.62. The number of halogens is 2. The molecule has 1 fully saturated rings. The lowest BCUT2D eigenvalue weighted by atomic mass is 9.89. The molecule has 1 aliphatic rings. The first-order chi connectivity index (χ1) is 18.1. The highest BCUT2D eigenvalue weighted by atomic mass is 19.1. The van der Waals surface area contributed by atoms with Gasteiger partial charge in [-0.1, -0.05) is 45.5 Å². The van der Waals surface area contributed by atoms with E-state index in [2.05, 4.69) is 17.2 Å². The number of hydrogen-bond acceptors (Lipinski definition) is 4. The topological polar surface area (TPSA) is 78.5 Å². The standard InChI is InChI=1S/C30H37F2N3O3/c1-5-20(4)28(29(37)19(2)3)34-30(38)22-9-6-8-21(14-22)24-10-7-13-35(18-24)27(36)17-33-16-23-11-12-25(31)15-26(23)32/h6,8-9,11-12,14-15,19,24,28,33H,4-5,7,10,13,16-18H2,1-3H3,(H,34,38). The molecule has 6 nitrogen and oxygen atoms in total. The Morgan fingerprint density at radius 1 is 1.13 bits per heavy atom. The van der Waals surface area contributed by atoms with Crippen molar-refractivity contribution in [2.24, 2.45) is 5.92 Å². The van der Waals surface area contributed by atoms with E-state index in [4.69, 9.17) is 0 Å². The molecule has 2 atom stereocenters. The van der Waals surface area contributed by atoms with Crippen molar-refractivity contribution in [3.8, 4) is 0 Å². The third kappa shape index (κ3) is 7.57. The summed E-state index contributed by atoms with van der Waals surface area (Å²) in [6.07, 6.45) is 2.29. The Labute approximate surface area is 223 Å². The lowest BCUT2D eigenvalue weighted by molar-refractivity contribution is -0.131. The van der Waals surface area contributed by atoms with Crippen LogP contribution < -0.4 is 10.6 Å². The van der Waals surface area contributed by atoms with Gasteiger partial charge in [0.25, 0.3) is 5.91 Å². The van der Waals surface area contributed by atoms with E-state index >= 15 is 0 Å². The number of nitrogens with one attached hydrogen (secondary N) is 2. The Kier molecular flexibility index (Phi) is 10.3. The summed E-state index contributed by atoms with van der Waals surface area (Å²) in [6.45, 7) is 10.8. The van der Waals surface area contributed by atoms with E-state index in [1.807, 2.05) is 25.1 Å². The fraction of sp³-hybridized carbons (Fsp3) is 0.433. The molecule has 0 radical (unpaired) electrons. The summed E-state index contributed by atoms with van der Waals surface area (Å²) < 4.78 is 26.9. The molecular weight excluding hydrogens is 488 g/mol. The number of carbonyl (C=O) groups excluding carboxylic acids is 3. The van der Waals surface area contributed by atoms with Gasteiger partial charge < -0.3 is 15.5 Å². The molecule has 0 aromatic heterocycles. The Balaban J connectivity index is 1.61. The van der Waals surface area contributed by atoms with Gasteiger partial charge in [-0.2, -0.15) is 0 Å². The zero-order chi connectivity index (χ0) is 27.8. The molecule has 0 spiro atoms. The lowest BCUT2D eigenvalue weighted by Gasteiger charge is -2.33. The number of nitrogens with zero attached hydrogens (tertiary/aromatic N) is 1. The smallest absolute Gasteiger partial charge is 0.252 e. The number of benzene rings is 2. The van der Waals surface area contributed by atoms with E-state index in [9.17, 15) is 23.2 Å². The van der Waals surface area contributed by atoms with Gasteiger partial charge in [0.15, 0.2) is 5.78 Å². The summed E-state index contributed by atoms with van der Waals surface area (Å²) >= 11 is 0. The first-order valence-electron chi connectivity index (χ1n) is 13.1. The number of likely N-dealkylation sites (tertiary alicyclic amines) is 1. The van der Waals surface area contributed by atoms with Crippen molar-refractivity contribution in [1.82, 2.24) is 15.5 Å². The van der Waals surface area contributed by atoms with Crippen LogP contribution in [0.5, 0.6) is 0 Å². The third-order valence-corrected chi connectivity index (χ3v) is 6.99. The molecule has 8 heteroatoms. The first-order valence-corrected chi connectivity index (χ1v) is 13.1. The number of hydrogen-bond donors (Lipinski definition) is 2. The summed E-state index contributed by atoms with van der Waals surface area (Å²) in [5.74, 6) is -1.96. The maximum Gasteiger partial charge on any atom is 0.252 e. The van der Waals surface area contributed by atoms with Gasteiger partial charge >= 0.3 is 0 Å². The molecule has 3 rings (SSSR count). The van der Waals surface area contributed by atoms with E-state index < -0.39 is 17.7 Å². The summed E-state index contributed by atoms with van der Waals surface area (Å²) in [7, 11) is 0. The van der Waals surface area contributed by atoms with Crippen LogP contribution in [0.4, 0.5) is 8.78 Å². The van der Waals surface area contributed by atoms with E-state index in [0.29, 0.717) is 36.2 Å². The van der Waals surface area contributed by atoms with Gasteiger partial charge in [0, 0.05) is 48.7 Å². The fourth-order valence-electron chi connectivity index (χ4n) is 4.62. The minimum Gasteiger partial charge on any atom is -0.341 e. The Bertz CT molecular complexity index is 1180. The average Bonchev–Trinajstić information content (AvgIpc) is 2.92. The normalized spacial score (nSPS) is 16.3. The summed E-state index contributed by atoms with van der Waals surface area (Å²) in [5.41, 5.74) is 2.38. The zero-order valence-corrected chi connectivity index (χ0v) is 22.4. The largest absolute Gasteiger partial charge is 0.341 e. The number of amides is 2. The maximum atomic E-state index is 13.8. The summed E-state index contributed by atoms with van der Waals surface area (Å²) in [4.78, 5) is 40.3. The van der Waals surface area contributed by atoms with Crippen molar-refractivity contribution in [3.05, 3.63) is 82.9 Å². The van der Waals surface area contributed by atoms with Crippen LogP contribution in [0.2, 0.25) is 0 Å². The SMILES string of the molecule is C=C(CC)C(NC(=O)c1cccc(C2CCCN(C(=O)CNCc3ccc(F)cc3F)C2)c1)C(=O)C(C)C. The van der Waals surface area contributed by atoms with Crippen LogP contribution in [0.15, 0.2) is 54.6 Å². The zero-order valence-electron chi connectivity index (χ0n) is 22.4. The molecule has 0 bridgehead atoms. The highest BCUT2D eigenvalue weighted by Gasteiger charge is 2.27. The molecule has 2 unspecified atom stereocenters. The van der Waals surface area contributed by atoms with Gasteiger partial charge in [-0.05, 0) is 48.6 Å². The van der Waals surface area contributed by atoms with Crippen molar-refractivity contribution in [1.29, 1.82) is 0 Å². The second-order valence-electron chi connectivity index (χ2n) is 10.1. The van der Waals surface area contributed by atoms with Crippen molar-refractivity contribution in [3.63, 3.8) is 0 Å². The molecular formula is C30H37F2N3O3. The predicted octanol–water partition coefficient (Wildman–Crippen LogP) is 4.75. The van der Waals surface area contributed by atoms with Crippen LogP contribution in [0.1, 0.15) is 67.4 Å². The number of rotatable bonds is 11. The van der Waals surface area contributed by atoms with Crippen molar-refractivity contribution >= 4 is 17.6 Å². The molecule has 204 valence electrons. The predicted molar refractivity (Wildman–Crippen MR) is 144 cm³/mol. The monoisotopic (exact) mass is 525 g/mol. The van der Waals surface area contributed by atoms with Gasteiger partial charge in [0.2, 0.25) is 5.91 Å². The highest BCUT2D eigenvalue weighted by Crippen LogP contribution is 2.28. The molecule has 1 aliphatic heterocycles. The van der Waals surface area contributed by atoms with Gasteiger partial charge in [-0.3, -0.25) is 14.4 Å². The Morgan fingerprint density at radius 2 is 1.89 bits per heavy atom. The molecule has 1 saturated heterocycles. The molecule has 2 aromatic carbocycles. The van der Waals surface area contributed by atoms with Crippen LogP contribution >= 0.6 is 0 Å². The van der Waals surface area contributed by atoms with Crippen molar-refractivity contribution in [2.75, 3.05) is 19.6 Å². The van der Waals surface area contributed by atoms with Crippen LogP contribution in [0.3, 0.4) is 0 Å². The number of carbonyl (C=O) groups is 3. The van der Waals surface area contributed by atoms with Gasteiger partial charge in [-0.25, -0.2) is 8.78 Å². The second-order valence-corrected chi connectivity index (χ2v) is 10.1. The van der Waals surface area contributed by atoms with Gasteiger partial charge in [-0.15, -0.1) is 0 Å². The minimum absolute atomic E-state index is 0.0402. The molecule has 2 N–H and O–H groups in total. The van der Waals surface area contributed by atoms with E-state index in [1.165, 1.54) is 12.1 Å². The second kappa shape index (κ2) is 13.4. The molecule has 0 saturated carbocycles. The van der Waals surface area contributed by atoms with Crippen LogP contribution in [0, 0.1) is 17.6 Å².